The predicted octanol–water partition coefficient (Wildman–Crippen LogP) is 4.93. The maximum absolute atomic E-state index is 12.5. The van der Waals surface area contributed by atoms with Crippen molar-refractivity contribution in [1.29, 1.82) is 0 Å². The maximum atomic E-state index is 12.5. The fourth-order valence-corrected chi connectivity index (χ4v) is 3.89. The number of fused-ring (bicyclic) bond motifs is 1. The average Bonchev–Trinajstić information content (AvgIpc) is 3.41. The van der Waals surface area contributed by atoms with Crippen LogP contribution in [0.2, 0.25) is 0 Å². The SMILES string of the molecule is Cc1ccc(N2CC(c3nc(-c4oc5ccc(C)cc5c4C)no3)CC2=O)cc1. The Labute approximate surface area is 168 Å². The zero-order chi connectivity index (χ0) is 20.1. The molecule has 3 heterocycles. The van der Waals surface area contributed by atoms with Gasteiger partial charge in [0.15, 0.2) is 5.76 Å². The molecule has 29 heavy (non-hydrogen) atoms. The van der Waals surface area contributed by atoms with Gasteiger partial charge in [-0.25, -0.2) is 0 Å². The van der Waals surface area contributed by atoms with Crippen molar-refractivity contribution in [2.75, 3.05) is 11.4 Å². The number of furan rings is 1. The monoisotopic (exact) mass is 387 g/mol. The predicted molar refractivity (Wildman–Crippen MR) is 110 cm³/mol. The largest absolute Gasteiger partial charge is 0.452 e. The van der Waals surface area contributed by atoms with Gasteiger partial charge in [0, 0.05) is 29.6 Å². The molecular formula is C23H21N3O3. The highest BCUT2D eigenvalue weighted by atomic mass is 16.5. The van der Waals surface area contributed by atoms with E-state index in [9.17, 15) is 4.79 Å². The number of carbonyl (C=O) groups is 1. The molecule has 1 atom stereocenters. The van der Waals surface area contributed by atoms with Crippen molar-refractivity contribution < 1.29 is 13.7 Å². The molecule has 6 heteroatoms. The fourth-order valence-electron chi connectivity index (χ4n) is 3.89. The zero-order valence-corrected chi connectivity index (χ0v) is 16.6. The summed E-state index contributed by atoms with van der Waals surface area (Å²) < 4.78 is 11.5. The van der Waals surface area contributed by atoms with Crippen molar-refractivity contribution in [3.8, 4) is 11.6 Å². The van der Waals surface area contributed by atoms with Gasteiger partial charge in [-0.2, -0.15) is 4.98 Å². The normalized spacial score (nSPS) is 16.9. The molecule has 1 amide bonds. The third kappa shape index (κ3) is 3.01. The van der Waals surface area contributed by atoms with Crippen LogP contribution in [0.3, 0.4) is 0 Å². The van der Waals surface area contributed by atoms with Gasteiger partial charge in [0.05, 0.1) is 5.92 Å². The Morgan fingerprint density at radius 1 is 1.03 bits per heavy atom. The number of anilines is 1. The summed E-state index contributed by atoms with van der Waals surface area (Å²) in [7, 11) is 0. The first-order valence-electron chi connectivity index (χ1n) is 9.70. The fraction of sp³-hybridized carbons (Fsp3) is 0.261. The van der Waals surface area contributed by atoms with Crippen molar-refractivity contribution >= 4 is 22.6 Å². The van der Waals surface area contributed by atoms with Crippen LogP contribution in [0.15, 0.2) is 51.4 Å². The molecule has 1 unspecified atom stereocenters. The first-order valence-corrected chi connectivity index (χ1v) is 9.70. The minimum absolute atomic E-state index is 0.0639. The highest BCUT2D eigenvalue weighted by Gasteiger charge is 2.35. The molecule has 4 aromatic rings. The summed E-state index contributed by atoms with van der Waals surface area (Å²) in [4.78, 5) is 18.9. The molecule has 1 aliphatic heterocycles. The van der Waals surface area contributed by atoms with Crippen molar-refractivity contribution in [2.45, 2.75) is 33.1 Å². The Hall–Kier alpha value is -3.41. The van der Waals surface area contributed by atoms with Gasteiger partial charge in [0.2, 0.25) is 17.6 Å². The van der Waals surface area contributed by atoms with E-state index in [0.29, 0.717) is 30.4 Å². The van der Waals surface area contributed by atoms with E-state index in [1.165, 1.54) is 5.56 Å². The van der Waals surface area contributed by atoms with Gasteiger partial charge in [0.25, 0.3) is 0 Å². The molecule has 6 nitrogen and oxygen atoms in total. The standard InChI is InChI=1S/C23H21N3O3/c1-13-4-7-17(8-5-13)26-12-16(11-20(26)27)23-24-22(25-29-23)21-15(3)18-10-14(2)6-9-19(18)28-21/h4-10,16H,11-12H2,1-3H3. The van der Waals surface area contributed by atoms with Crippen molar-refractivity contribution in [2.24, 2.45) is 0 Å². The van der Waals surface area contributed by atoms with E-state index in [-0.39, 0.29) is 11.8 Å². The molecule has 0 spiro atoms. The summed E-state index contributed by atoms with van der Waals surface area (Å²) in [5.74, 6) is 1.44. The van der Waals surface area contributed by atoms with Gasteiger partial charge in [0.1, 0.15) is 5.58 Å². The van der Waals surface area contributed by atoms with Gasteiger partial charge >= 0.3 is 0 Å². The van der Waals surface area contributed by atoms with E-state index in [1.807, 2.05) is 50.2 Å². The van der Waals surface area contributed by atoms with E-state index in [4.69, 9.17) is 8.94 Å². The Morgan fingerprint density at radius 2 is 1.79 bits per heavy atom. The summed E-state index contributed by atoms with van der Waals surface area (Å²) >= 11 is 0. The molecule has 2 aromatic heterocycles. The van der Waals surface area contributed by atoms with Crippen LogP contribution in [-0.4, -0.2) is 22.6 Å². The summed E-state index contributed by atoms with van der Waals surface area (Å²) in [6, 6.07) is 14.0. The second kappa shape index (κ2) is 6.58. The second-order valence-corrected chi connectivity index (χ2v) is 7.75. The molecule has 0 aliphatic carbocycles. The van der Waals surface area contributed by atoms with Crippen LogP contribution in [-0.2, 0) is 4.79 Å². The number of rotatable bonds is 3. The minimum Gasteiger partial charge on any atom is -0.452 e. The van der Waals surface area contributed by atoms with E-state index >= 15 is 0 Å². The van der Waals surface area contributed by atoms with Crippen LogP contribution in [0.1, 0.15) is 34.9 Å². The molecule has 5 rings (SSSR count). The number of hydrogen-bond acceptors (Lipinski definition) is 5. The average molecular weight is 387 g/mol. The van der Waals surface area contributed by atoms with E-state index < -0.39 is 0 Å². The lowest BCUT2D eigenvalue weighted by Crippen LogP contribution is -2.24. The number of aryl methyl sites for hydroxylation is 3. The molecule has 0 saturated carbocycles. The van der Waals surface area contributed by atoms with Gasteiger partial charge in [-0.3, -0.25) is 4.79 Å². The van der Waals surface area contributed by atoms with Crippen molar-refractivity contribution in [1.82, 2.24) is 10.1 Å². The van der Waals surface area contributed by atoms with Crippen LogP contribution in [0.4, 0.5) is 5.69 Å². The van der Waals surface area contributed by atoms with Crippen LogP contribution >= 0.6 is 0 Å². The van der Waals surface area contributed by atoms with Gasteiger partial charge < -0.3 is 13.8 Å². The van der Waals surface area contributed by atoms with Crippen molar-refractivity contribution in [3.05, 3.63) is 65.0 Å². The molecular weight excluding hydrogens is 366 g/mol. The molecule has 0 N–H and O–H groups in total. The van der Waals surface area contributed by atoms with Gasteiger partial charge in [-0.1, -0.05) is 34.5 Å². The first-order chi connectivity index (χ1) is 14.0. The highest BCUT2D eigenvalue weighted by molar-refractivity contribution is 5.96. The summed E-state index contributed by atoms with van der Waals surface area (Å²) in [5, 5.41) is 5.18. The van der Waals surface area contributed by atoms with E-state index in [2.05, 4.69) is 23.1 Å². The number of hydrogen-bond donors (Lipinski definition) is 0. The molecule has 0 radical (unpaired) electrons. The summed E-state index contributed by atoms with van der Waals surface area (Å²) in [6.45, 7) is 6.60. The Balaban J connectivity index is 1.43. The summed E-state index contributed by atoms with van der Waals surface area (Å²) in [6.07, 6.45) is 0.355. The lowest BCUT2D eigenvalue weighted by molar-refractivity contribution is -0.117. The third-order valence-electron chi connectivity index (χ3n) is 5.56. The molecule has 0 bridgehead atoms. The lowest BCUT2D eigenvalue weighted by atomic mass is 10.1. The van der Waals surface area contributed by atoms with Crippen molar-refractivity contribution in [3.63, 3.8) is 0 Å². The van der Waals surface area contributed by atoms with E-state index in [1.54, 1.807) is 4.90 Å². The lowest BCUT2D eigenvalue weighted by Gasteiger charge is -2.16. The Morgan fingerprint density at radius 3 is 2.59 bits per heavy atom. The van der Waals surface area contributed by atoms with Gasteiger partial charge in [-0.05, 0) is 45.0 Å². The molecule has 1 fully saturated rings. The minimum atomic E-state index is -0.128. The highest BCUT2D eigenvalue weighted by Crippen LogP contribution is 2.35. The van der Waals surface area contributed by atoms with Crippen LogP contribution in [0.5, 0.6) is 0 Å². The maximum Gasteiger partial charge on any atom is 0.238 e. The van der Waals surface area contributed by atoms with Gasteiger partial charge in [-0.15, -0.1) is 0 Å². The Bertz CT molecular complexity index is 1220. The molecule has 146 valence electrons. The topological polar surface area (TPSA) is 72.4 Å². The zero-order valence-electron chi connectivity index (χ0n) is 16.6. The number of nitrogens with zero attached hydrogens (tertiary/aromatic N) is 3. The number of carbonyl (C=O) groups excluding carboxylic acids is 1. The van der Waals surface area contributed by atoms with Crippen LogP contribution in [0.25, 0.3) is 22.6 Å². The number of benzene rings is 2. The molecule has 2 aromatic carbocycles. The molecule has 1 aliphatic rings. The smallest absolute Gasteiger partial charge is 0.238 e. The Kier molecular flexibility index (Phi) is 4.01. The van der Waals surface area contributed by atoms with Crippen LogP contribution < -0.4 is 4.90 Å². The number of aromatic nitrogens is 2. The first kappa shape index (κ1) is 17.7. The number of amides is 1. The quantitative estimate of drug-likeness (QED) is 0.498. The van der Waals surface area contributed by atoms with Crippen LogP contribution in [0, 0.1) is 20.8 Å². The third-order valence-corrected chi connectivity index (χ3v) is 5.56. The second-order valence-electron chi connectivity index (χ2n) is 7.75. The van der Waals surface area contributed by atoms with E-state index in [0.717, 1.165) is 27.8 Å². The summed E-state index contributed by atoms with van der Waals surface area (Å²) in [5.41, 5.74) is 5.01. The molecule has 1 saturated heterocycles.